The van der Waals surface area contributed by atoms with E-state index in [1.54, 1.807) is 12.3 Å². The average Bonchev–Trinajstić information content (AvgIpc) is 2.55. The van der Waals surface area contributed by atoms with Gasteiger partial charge in [0.15, 0.2) is 0 Å². The number of hydrogen-bond donors (Lipinski definition) is 1. The summed E-state index contributed by atoms with van der Waals surface area (Å²) in [6.45, 7) is 3.56. The van der Waals surface area contributed by atoms with Gasteiger partial charge >= 0.3 is 6.03 Å². The molecule has 1 saturated heterocycles. The lowest BCUT2D eigenvalue weighted by Gasteiger charge is -2.20. The lowest BCUT2D eigenvalue weighted by molar-refractivity contribution is 0.213. The summed E-state index contributed by atoms with van der Waals surface area (Å²) >= 11 is 0. The first-order valence-corrected chi connectivity index (χ1v) is 5.91. The molecule has 1 aromatic heterocycles. The Morgan fingerprint density at radius 3 is 2.94 bits per heavy atom. The number of urea groups is 1. The standard InChI is InChI=1S/C12H18N4O/c1-15-7-4-8-16(10-9-15)12(17)14-11-5-2-3-6-13-11/h2-3,5-6H,4,7-10H2,1H3,(H,13,14,17). The van der Waals surface area contributed by atoms with E-state index in [1.165, 1.54) is 0 Å². The lowest BCUT2D eigenvalue weighted by atomic mass is 10.4. The number of rotatable bonds is 1. The molecule has 2 heterocycles. The highest BCUT2D eigenvalue weighted by molar-refractivity contribution is 5.88. The molecular formula is C12H18N4O. The Balaban J connectivity index is 1.91. The van der Waals surface area contributed by atoms with Crippen LogP contribution < -0.4 is 5.32 Å². The molecule has 92 valence electrons. The van der Waals surface area contributed by atoms with Crippen LogP contribution in [0.5, 0.6) is 0 Å². The molecule has 1 aliphatic heterocycles. The van der Waals surface area contributed by atoms with E-state index >= 15 is 0 Å². The Labute approximate surface area is 101 Å². The van der Waals surface area contributed by atoms with Gasteiger partial charge in [0.05, 0.1) is 0 Å². The van der Waals surface area contributed by atoms with E-state index in [0.717, 1.165) is 32.6 Å². The topological polar surface area (TPSA) is 48.5 Å². The fraction of sp³-hybridized carbons (Fsp3) is 0.500. The number of hydrogen-bond acceptors (Lipinski definition) is 3. The summed E-state index contributed by atoms with van der Waals surface area (Å²) in [4.78, 5) is 20.2. The highest BCUT2D eigenvalue weighted by Crippen LogP contribution is 2.05. The molecule has 0 bridgehead atoms. The minimum absolute atomic E-state index is 0.0565. The van der Waals surface area contributed by atoms with E-state index in [4.69, 9.17) is 0 Å². The number of likely N-dealkylation sites (N-methyl/N-ethyl adjacent to an activating group) is 1. The summed E-state index contributed by atoms with van der Waals surface area (Å²) < 4.78 is 0. The van der Waals surface area contributed by atoms with Gasteiger partial charge in [-0.25, -0.2) is 9.78 Å². The van der Waals surface area contributed by atoms with Gasteiger partial charge in [-0.05, 0) is 32.1 Å². The second-order valence-corrected chi connectivity index (χ2v) is 4.29. The third kappa shape index (κ3) is 3.42. The van der Waals surface area contributed by atoms with Crippen LogP contribution in [0.25, 0.3) is 0 Å². The highest BCUT2D eigenvalue weighted by atomic mass is 16.2. The highest BCUT2D eigenvalue weighted by Gasteiger charge is 2.17. The number of amides is 2. The fourth-order valence-electron chi connectivity index (χ4n) is 1.87. The van der Waals surface area contributed by atoms with Crippen molar-refractivity contribution >= 4 is 11.8 Å². The molecule has 2 rings (SSSR count). The Bertz CT molecular complexity index is 368. The van der Waals surface area contributed by atoms with E-state index in [9.17, 15) is 4.79 Å². The molecule has 2 amide bonds. The molecular weight excluding hydrogens is 216 g/mol. The second-order valence-electron chi connectivity index (χ2n) is 4.29. The van der Waals surface area contributed by atoms with Gasteiger partial charge in [-0.2, -0.15) is 0 Å². The Morgan fingerprint density at radius 2 is 2.18 bits per heavy atom. The zero-order valence-electron chi connectivity index (χ0n) is 10.1. The van der Waals surface area contributed by atoms with E-state index in [2.05, 4.69) is 22.2 Å². The van der Waals surface area contributed by atoms with Crippen molar-refractivity contribution < 1.29 is 4.79 Å². The summed E-state index contributed by atoms with van der Waals surface area (Å²) in [6.07, 6.45) is 2.69. The summed E-state index contributed by atoms with van der Waals surface area (Å²) in [7, 11) is 2.08. The average molecular weight is 234 g/mol. The predicted molar refractivity (Wildman–Crippen MR) is 66.9 cm³/mol. The van der Waals surface area contributed by atoms with Crippen LogP contribution in [-0.2, 0) is 0 Å². The van der Waals surface area contributed by atoms with Gasteiger partial charge in [0.25, 0.3) is 0 Å². The van der Waals surface area contributed by atoms with Gasteiger partial charge in [-0.3, -0.25) is 5.32 Å². The molecule has 0 radical (unpaired) electrons. The molecule has 5 nitrogen and oxygen atoms in total. The van der Waals surface area contributed by atoms with Crippen molar-refractivity contribution in [3.63, 3.8) is 0 Å². The normalized spacial score (nSPS) is 17.6. The first-order valence-electron chi connectivity index (χ1n) is 5.91. The van der Waals surface area contributed by atoms with Crippen molar-refractivity contribution in [1.82, 2.24) is 14.8 Å². The summed E-state index contributed by atoms with van der Waals surface area (Å²) in [5.74, 6) is 0.607. The summed E-state index contributed by atoms with van der Waals surface area (Å²) in [5, 5.41) is 2.81. The van der Waals surface area contributed by atoms with Gasteiger partial charge in [0.2, 0.25) is 0 Å². The largest absolute Gasteiger partial charge is 0.323 e. The monoisotopic (exact) mass is 234 g/mol. The number of carbonyl (C=O) groups is 1. The molecule has 0 saturated carbocycles. The summed E-state index contributed by atoms with van der Waals surface area (Å²) in [6, 6.07) is 5.43. The number of nitrogens with zero attached hydrogens (tertiary/aromatic N) is 3. The molecule has 1 aliphatic rings. The molecule has 0 aromatic carbocycles. The minimum Gasteiger partial charge on any atom is -0.323 e. The van der Waals surface area contributed by atoms with Crippen LogP contribution in [-0.4, -0.2) is 54.0 Å². The van der Waals surface area contributed by atoms with Crippen LogP contribution in [0.3, 0.4) is 0 Å². The smallest absolute Gasteiger partial charge is 0.323 e. The first-order chi connectivity index (χ1) is 8.25. The van der Waals surface area contributed by atoms with E-state index in [-0.39, 0.29) is 6.03 Å². The van der Waals surface area contributed by atoms with Crippen molar-refractivity contribution in [1.29, 1.82) is 0 Å². The molecule has 1 N–H and O–H groups in total. The Morgan fingerprint density at radius 1 is 1.29 bits per heavy atom. The van der Waals surface area contributed by atoms with Gasteiger partial charge < -0.3 is 9.80 Å². The zero-order chi connectivity index (χ0) is 12.1. The zero-order valence-corrected chi connectivity index (χ0v) is 10.1. The molecule has 0 atom stereocenters. The quantitative estimate of drug-likeness (QED) is 0.795. The maximum atomic E-state index is 12.0. The van der Waals surface area contributed by atoms with E-state index < -0.39 is 0 Å². The van der Waals surface area contributed by atoms with Crippen LogP contribution in [0.2, 0.25) is 0 Å². The van der Waals surface area contributed by atoms with Gasteiger partial charge in [-0.15, -0.1) is 0 Å². The van der Waals surface area contributed by atoms with Crippen molar-refractivity contribution in [3.8, 4) is 0 Å². The Hall–Kier alpha value is -1.62. The molecule has 17 heavy (non-hydrogen) atoms. The third-order valence-corrected chi connectivity index (χ3v) is 2.91. The number of pyridine rings is 1. The molecule has 5 heteroatoms. The van der Waals surface area contributed by atoms with Gasteiger partial charge in [0, 0.05) is 25.8 Å². The first kappa shape index (κ1) is 11.9. The second kappa shape index (κ2) is 5.63. The van der Waals surface area contributed by atoms with E-state index in [0.29, 0.717) is 5.82 Å². The third-order valence-electron chi connectivity index (χ3n) is 2.91. The number of anilines is 1. The van der Waals surface area contributed by atoms with Crippen molar-refractivity contribution in [2.24, 2.45) is 0 Å². The van der Waals surface area contributed by atoms with Crippen LogP contribution in [0.4, 0.5) is 10.6 Å². The molecule has 1 fully saturated rings. The van der Waals surface area contributed by atoms with Crippen LogP contribution in [0.15, 0.2) is 24.4 Å². The summed E-state index contributed by atoms with van der Waals surface area (Å²) in [5.41, 5.74) is 0. The molecule has 0 spiro atoms. The predicted octanol–water partition coefficient (Wildman–Crippen LogP) is 1.25. The molecule has 0 aliphatic carbocycles. The number of aromatic nitrogens is 1. The van der Waals surface area contributed by atoms with Gasteiger partial charge in [0.1, 0.15) is 5.82 Å². The molecule has 0 unspecified atom stereocenters. The molecule has 1 aromatic rings. The minimum atomic E-state index is -0.0565. The maximum absolute atomic E-state index is 12.0. The van der Waals surface area contributed by atoms with Gasteiger partial charge in [-0.1, -0.05) is 6.07 Å². The van der Waals surface area contributed by atoms with Crippen molar-refractivity contribution in [3.05, 3.63) is 24.4 Å². The lowest BCUT2D eigenvalue weighted by Crippen LogP contribution is -2.37. The number of carbonyl (C=O) groups excluding carboxylic acids is 1. The van der Waals surface area contributed by atoms with Crippen molar-refractivity contribution in [2.75, 3.05) is 38.5 Å². The SMILES string of the molecule is CN1CCCN(C(=O)Nc2ccccn2)CC1. The fourth-order valence-corrected chi connectivity index (χ4v) is 1.87. The van der Waals surface area contributed by atoms with Crippen LogP contribution in [0.1, 0.15) is 6.42 Å². The maximum Gasteiger partial charge on any atom is 0.323 e. The number of nitrogens with one attached hydrogen (secondary N) is 1. The van der Waals surface area contributed by atoms with Crippen LogP contribution in [0, 0.1) is 0 Å². The van der Waals surface area contributed by atoms with E-state index in [1.807, 2.05) is 17.0 Å². The van der Waals surface area contributed by atoms with Crippen molar-refractivity contribution in [2.45, 2.75) is 6.42 Å². The van der Waals surface area contributed by atoms with Crippen LogP contribution >= 0.6 is 0 Å². The Kier molecular flexibility index (Phi) is 3.93.